The van der Waals surface area contributed by atoms with Crippen LogP contribution >= 0.6 is 11.6 Å². The third kappa shape index (κ3) is 5.18. The van der Waals surface area contributed by atoms with E-state index in [1.807, 2.05) is 42.5 Å². The third-order valence-corrected chi connectivity index (χ3v) is 4.71. The summed E-state index contributed by atoms with van der Waals surface area (Å²) >= 11 is 5.88. The Morgan fingerprint density at radius 3 is 2.55 bits per heavy atom. The lowest BCUT2D eigenvalue weighted by molar-refractivity contribution is -0.121. The monoisotopic (exact) mass is 435 g/mol. The number of aromatic nitrogens is 3. The molecule has 3 N–H and O–H groups in total. The van der Waals surface area contributed by atoms with Crippen LogP contribution < -0.4 is 10.9 Å². The Hall–Kier alpha value is -3.91. The number of benzene rings is 2. The molecule has 0 aliphatic carbocycles. The van der Waals surface area contributed by atoms with Crippen molar-refractivity contribution in [2.24, 2.45) is 0 Å². The second-order valence-electron chi connectivity index (χ2n) is 6.66. The highest BCUT2D eigenvalue weighted by molar-refractivity contribution is 6.30. The SMILES string of the molecule is O=C(CCc1ncc(-c2ccc(Cl)cc2)o1)NNC(=O)c1cc(-c2ccccc2)n[nH]1. The minimum atomic E-state index is -0.496. The van der Waals surface area contributed by atoms with Crippen molar-refractivity contribution in [3.05, 3.63) is 83.5 Å². The van der Waals surface area contributed by atoms with Gasteiger partial charge in [0, 0.05) is 29.0 Å². The van der Waals surface area contributed by atoms with Crippen molar-refractivity contribution in [1.82, 2.24) is 26.0 Å². The van der Waals surface area contributed by atoms with E-state index in [9.17, 15) is 9.59 Å². The molecule has 0 aliphatic rings. The van der Waals surface area contributed by atoms with E-state index >= 15 is 0 Å². The maximum atomic E-state index is 12.2. The number of carbonyl (C=O) groups is 2. The van der Waals surface area contributed by atoms with Crippen LogP contribution in [0, 0.1) is 0 Å². The molecule has 4 rings (SSSR count). The first-order valence-electron chi connectivity index (χ1n) is 9.49. The summed E-state index contributed by atoms with van der Waals surface area (Å²) in [5.41, 5.74) is 7.33. The van der Waals surface area contributed by atoms with Gasteiger partial charge in [-0.2, -0.15) is 5.10 Å². The summed E-state index contributed by atoms with van der Waals surface area (Å²) in [7, 11) is 0. The molecule has 2 aromatic heterocycles. The van der Waals surface area contributed by atoms with Crippen LogP contribution in [0.4, 0.5) is 0 Å². The van der Waals surface area contributed by atoms with E-state index in [0.29, 0.717) is 22.4 Å². The summed E-state index contributed by atoms with van der Waals surface area (Å²) in [5.74, 6) is 0.146. The van der Waals surface area contributed by atoms with Crippen molar-refractivity contribution in [2.45, 2.75) is 12.8 Å². The average molecular weight is 436 g/mol. The Bertz CT molecular complexity index is 1190. The van der Waals surface area contributed by atoms with Gasteiger partial charge in [-0.1, -0.05) is 41.9 Å². The second kappa shape index (κ2) is 9.27. The second-order valence-corrected chi connectivity index (χ2v) is 7.10. The van der Waals surface area contributed by atoms with Crippen LogP contribution in [0.2, 0.25) is 5.02 Å². The lowest BCUT2D eigenvalue weighted by Gasteiger charge is -2.05. The Balaban J connectivity index is 1.26. The fourth-order valence-electron chi connectivity index (χ4n) is 2.85. The number of hydrogen-bond donors (Lipinski definition) is 3. The van der Waals surface area contributed by atoms with Gasteiger partial charge in [0.25, 0.3) is 5.91 Å². The van der Waals surface area contributed by atoms with Crippen LogP contribution in [0.15, 0.2) is 71.3 Å². The van der Waals surface area contributed by atoms with Gasteiger partial charge in [-0.3, -0.25) is 25.5 Å². The molecule has 0 fully saturated rings. The van der Waals surface area contributed by atoms with Crippen LogP contribution in [-0.4, -0.2) is 27.0 Å². The molecule has 8 nitrogen and oxygen atoms in total. The molecule has 4 aromatic rings. The van der Waals surface area contributed by atoms with Crippen molar-refractivity contribution in [3.63, 3.8) is 0 Å². The first kappa shape index (κ1) is 20.4. The van der Waals surface area contributed by atoms with Crippen LogP contribution in [0.5, 0.6) is 0 Å². The number of H-pyrrole nitrogens is 1. The molecule has 9 heteroatoms. The van der Waals surface area contributed by atoms with Crippen LogP contribution in [0.1, 0.15) is 22.8 Å². The molecule has 0 saturated carbocycles. The summed E-state index contributed by atoms with van der Waals surface area (Å²) in [5, 5.41) is 7.41. The molecule has 31 heavy (non-hydrogen) atoms. The van der Waals surface area contributed by atoms with E-state index in [2.05, 4.69) is 26.0 Å². The first-order valence-corrected chi connectivity index (χ1v) is 9.87. The number of halogens is 1. The zero-order valence-corrected chi connectivity index (χ0v) is 17.0. The van der Waals surface area contributed by atoms with Gasteiger partial charge in [-0.05, 0) is 30.3 Å². The van der Waals surface area contributed by atoms with E-state index in [0.717, 1.165) is 11.1 Å². The fourth-order valence-corrected chi connectivity index (χ4v) is 2.97. The topological polar surface area (TPSA) is 113 Å². The molecule has 0 radical (unpaired) electrons. The van der Waals surface area contributed by atoms with Crippen LogP contribution in [-0.2, 0) is 11.2 Å². The van der Waals surface area contributed by atoms with Gasteiger partial charge in [0.1, 0.15) is 5.69 Å². The Morgan fingerprint density at radius 1 is 1.00 bits per heavy atom. The predicted octanol–water partition coefficient (Wildman–Crippen LogP) is 3.78. The van der Waals surface area contributed by atoms with Crippen molar-refractivity contribution >= 4 is 23.4 Å². The number of aryl methyl sites for hydroxylation is 1. The molecule has 156 valence electrons. The van der Waals surface area contributed by atoms with Gasteiger partial charge >= 0.3 is 0 Å². The maximum Gasteiger partial charge on any atom is 0.287 e. The molecule has 0 aliphatic heterocycles. The summed E-state index contributed by atoms with van der Waals surface area (Å²) in [6.45, 7) is 0. The van der Waals surface area contributed by atoms with Crippen molar-refractivity contribution in [1.29, 1.82) is 0 Å². The quantitative estimate of drug-likeness (QED) is 0.399. The fraction of sp³-hybridized carbons (Fsp3) is 0.0909. The lowest BCUT2D eigenvalue weighted by Crippen LogP contribution is -2.41. The van der Waals surface area contributed by atoms with E-state index < -0.39 is 5.91 Å². The number of nitrogens with zero attached hydrogens (tertiary/aromatic N) is 2. The third-order valence-electron chi connectivity index (χ3n) is 4.46. The van der Waals surface area contributed by atoms with E-state index in [4.69, 9.17) is 16.0 Å². The van der Waals surface area contributed by atoms with Gasteiger partial charge in [0.2, 0.25) is 5.91 Å². The average Bonchev–Trinajstić information content (AvgIpc) is 3.47. The highest BCUT2D eigenvalue weighted by atomic mass is 35.5. The van der Waals surface area contributed by atoms with E-state index in [1.165, 1.54) is 0 Å². The van der Waals surface area contributed by atoms with Gasteiger partial charge in [0.15, 0.2) is 11.7 Å². The number of hydrazine groups is 1. The largest absolute Gasteiger partial charge is 0.441 e. The van der Waals surface area contributed by atoms with E-state index in [1.54, 1.807) is 24.4 Å². The van der Waals surface area contributed by atoms with Crippen molar-refractivity contribution in [2.75, 3.05) is 0 Å². The van der Waals surface area contributed by atoms with Gasteiger partial charge in [0.05, 0.1) is 11.9 Å². The van der Waals surface area contributed by atoms with Crippen molar-refractivity contribution < 1.29 is 14.0 Å². The number of rotatable bonds is 6. The molecule has 2 heterocycles. The summed E-state index contributed by atoms with van der Waals surface area (Å²) in [4.78, 5) is 28.5. The Kier molecular flexibility index (Phi) is 6.09. The summed E-state index contributed by atoms with van der Waals surface area (Å²) in [6, 6.07) is 18.2. The summed E-state index contributed by atoms with van der Waals surface area (Å²) < 4.78 is 5.66. The molecule has 0 spiro atoms. The maximum absolute atomic E-state index is 12.2. The number of oxazole rings is 1. The molecule has 0 bridgehead atoms. The highest BCUT2D eigenvalue weighted by Crippen LogP contribution is 2.22. The lowest BCUT2D eigenvalue weighted by atomic mass is 10.1. The van der Waals surface area contributed by atoms with Gasteiger partial charge in [-0.25, -0.2) is 4.98 Å². The minimum Gasteiger partial charge on any atom is -0.441 e. The zero-order chi connectivity index (χ0) is 21.6. The number of hydrogen-bond acceptors (Lipinski definition) is 5. The number of carbonyl (C=O) groups excluding carboxylic acids is 2. The first-order chi connectivity index (χ1) is 15.1. The standard InChI is InChI=1S/C22H18ClN5O3/c23-16-8-6-15(7-9-16)19-13-24-21(31-19)11-10-20(29)27-28-22(30)18-12-17(25-26-18)14-4-2-1-3-5-14/h1-9,12-13H,10-11H2,(H,25,26)(H,27,29)(H,28,30). The molecule has 0 unspecified atom stereocenters. The molecule has 0 atom stereocenters. The molecule has 2 amide bonds. The smallest absolute Gasteiger partial charge is 0.287 e. The zero-order valence-electron chi connectivity index (χ0n) is 16.3. The summed E-state index contributed by atoms with van der Waals surface area (Å²) in [6.07, 6.45) is 1.98. The number of nitrogens with one attached hydrogen (secondary N) is 3. The minimum absolute atomic E-state index is 0.0963. The normalized spacial score (nSPS) is 10.6. The Labute approximate surface area is 182 Å². The van der Waals surface area contributed by atoms with E-state index in [-0.39, 0.29) is 24.4 Å². The molecule has 0 saturated heterocycles. The van der Waals surface area contributed by atoms with Crippen LogP contribution in [0.3, 0.4) is 0 Å². The molecular weight excluding hydrogens is 418 g/mol. The van der Waals surface area contributed by atoms with Crippen molar-refractivity contribution in [3.8, 4) is 22.6 Å². The van der Waals surface area contributed by atoms with Crippen LogP contribution in [0.25, 0.3) is 22.6 Å². The highest BCUT2D eigenvalue weighted by Gasteiger charge is 2.13. The van der Waals surface area contributed by atoms with Gasteiger partial charge in [-0.15, -0.1) is 0 Å². The molecule has 2 aromatic carbocycles. The Morgan fingerprint density at radius 2 is 1.77 bits per heavy atom. The number of aromatic amines is 1. The van der Waals surface area contributed by atoms with Gasteiger partial charge < -0.3 is 4.42 Å². The predicted molar refractivity (Wildman–Crippen MR) is 115 cm³/mol. The molecular formula is C22H18ClN5O3. The number of amides is 2.